The van der Waals surface area contributed by atoms with Crippen molar-refractivity contribution in [2.75, 3.05) is 0 Å². The maximum absolute atomic E-state index is 6.48. The molecule has 5 rings (SSSR count). The second kappa shape index (κ2) is 9.30. The number of fused-ring (bicyclic) bond motifs is 3. The van der Waals surface area contributed by atoms with Gasteiger partial charge in [0, 0.05) is 35.1 Å². The van der Waals surface area contributed by atoms with Crippen molar-refractivity contribution in [2.45, 2.75) is 46.1 Å². The van der Waals surface area contributed by atoms with Gasteiger partial charge in [-0.15, -0.1) is 0 Å². The minimum Gasteiger partial charge on any atom is -0.401 e. The molecule has 0 aliphatic heterocycles. The monoisotopic (exact) mass is 489 g/mol. The van der Waals surface area contributed by atoms with E-state index in [1.165, 1.54) is 39.0 Å². The fourth-order valence-electron chi connectivity index (χ4n) is 7.26. The third-order valence-electron chi connectivity index (χ3n) is 9.06. The van der Waals surface area contributed by atoms with E-state index < -0.39 is 0 Å². The van der Waals surface area contributed by atoms with E-state index in [1.54, 1.807) is 0 Å². The van der Waals surface area contributed by atoms with Gasteiger partial charge in [-0.3, -0.25) is 0 Å². The van der Waals surface area contributed by atoms with E-state index in [0.29, 0.717) is 23.5 Å². The third-order valence-corrected chi connectivity index (χ3v) is 9.06. The SMILES string of the molecule is C=C(N)C1=C(N)CC2CC3C(=C(C)C2C1=C)C(=C)c1c(ccc(CNC(=C)c2ccccc2)c1C)[C@@H]3C. The molecule has 0 saturated carbocycles. The van der Waals surface area contributed by atoms with Crippen molar-refractivity contribution in [1.29, 1.82) is 0 Å². The summed E-state index contributed by atoms with van der Waals surface area (Å²) < 4.78 is 0. The first-order valence-electron chi connectivity index (χ1n) is 13.2. The van der Waals surface area contributed by atoms with Gasteiger partial charge < -0.3 is 16.8 Å². The highest BCUT2D eigenvalue weighted by Crippen LogP contribution is 2.58. The van der Waals surface area contributed by atoms with Crippen LogP contribution >= 0.6 is 0 Å². The maximum atomic E-state index is 6.48. The first kappa shape index (κ1) is 25.0. The molecule has 0 radical (unpaired) electrons. The van der Waals surface area contributed by atoms with Crippen LogP contribution in [0.2, 0.25) is 0 Å². The van der Waals surface area contributed by atoms with Gasteiger partial charge in [0.25, 0.3) is 0 Å². The Labute approximate surface area is 222 Å². The number of benzene rings is 2. The Balaban J connectivity index is 1.50. The van der Waals surface area contributed by atoms with Gasteiger partial charge in [-0.2, -0.15) is 0 Å². The molecule has 2 aromatic carbocycles. The molecule has 37 heavy (non-hydrogen) atoms. The van der Waals surface area contributed by atoms with Crippen LogP contribution in [-0.4, -0.2) is 0 Å². The highest BCUT2D eigenvalue weighted by atomic mass is 14.9. The van der Waals surface area contributed by atoms with Gasteiger partial charge >= 0.3 is 0 Å². The Hall–Kier alpha value is -3.72. The summed E-state index contributed by atoms with van der Waals surface area (Å²) in [5, 5.41) is 3.53. The van der Waals surface area contributed by atoms with Gasteiger partial charge in [0.2, 0.25) is 0 Å². The lowest BCUT2D eigenvalue weighted by Gasteiger charge is -2.48. The first-order valence-corrected chi connectivity index (χ1v) is 13.2. The predicted octanol–water partition coefficient (Wildman–Crippen LogP) is 7.10. The lowest BCUT2D eigenvalue weighted by Crippen LogP contribution is -2.37. The fourth-order valence-corrected chi connectivity index (χ4v) is 7.26. The highest BCUT2D eigenvalue weighted by Gasteiger charge is 2.45. The molecule has 3 nitrogen and oxygen atoms in total. The molecule has 0 saturated heterocycles. The van der Waals surface area contributed by atoms with Crippen molar-refractivity contribution >= 4 is 11.3 Å². The second-order valence-electron chi connectivity index (χ2n) is 11.1. The minimum atomic E-state index is 0.235. The van der Waals surface area contributed by atoms with Crippen molar-refractivity contribution in [3.05, 3.63) is 130 Å². The summed E-state index contributed by atoms with van der Waals surface area (Å²) in [6, 6.07) is 14.9. The second-order valence-corrected chi connectivity index (χ2v) is 11.1. The van der Waals surface area contributed by atoms with Crippen LogP contribution in [0.3, 0.4) is 0 Å². The first-order chi connectivity index (χ1) is 17.6. The van der Waals surface area contributed by atoms with Crippen LogP contribution in [0.1, 0.15) is 60.4 Å². The third kappa shape index (κ3) is 3.98. The lowest BCUT2D eigenvalue weighted by molar-refractivity contribution is 0.281. The van der Waals surface area contributed by atoms with Crippen LogP contribution in [-0.2, 0) is 6.54 Å². The summed E-state index contributed by atoms with van der Waals surface area (Å²) in [6.45, 7) is 25.0. The van der Waals surface area contributed by atoms with Crippen molar-refractivity contribution in [1.82, 2.24) is 5.32 Å². The summed E-state index contributed by atoms with van der Waals surface area (Å²) in [4.78, 5) is 0. The maximum Gasteiger partial charge on any atom is 0.0403 e. The Morgan fingerprint density at radius 1 is 1.05 bits per heavy atom. The van der Waals surface area contributed by atoms with Crippen LogP contribution < -0.4 is 16.8 Å². The molecule has 190 valence electrons. The molecule has 3 aliphatic rings. The molecule has 2 aromatic rings. The van der Waals surface area contributed by atoms with Gasteiger partial charge in [0.05, 0.1) is 0 Å². The number of hydrogen-bond acceptors (Lipinski definition) is 3. The average Bonchev–Trinajstić information content (AvgIpc) is 2.86. The predicted molar refractivity (Wildman–Crippen MR) is 157 cm³/mol. The van der Waals surface area contributed by atoms with Gasteiger partial charge in [-0.25, -0.2) is 0 Å². The van der Waals surface area contributed by atoms with Gasteiger partial charge in [0.1, 0.15) is 0 Å². The van der Waals surface area contributed by atoms with Crippen molar-refractivity contribution in [3.8, 4) is 0 Å². The van der Waals surface area contributed by atoms with E-state index in [0.717, 1.165) is 47.5 Å². The number of nitrogens with one attached hydrogen (secondary N) is 1. The zero-order valence-electron chi connectivity index (χ0n) is 22.5. The van der Waals surface area contributed by atoms with E-state index in [2.05, 4.69) is 70.1 Å². The number of rotatable bonds is 5. The highest BCUT2D eigenvalue weighted by molar-refractivity contribution is 5.86. The van der Waals surface area contributed by atoms with Gasteiger partial charge in [-0.1, -0.05) is 81.3 Å². The molecule has 0 heterocycles. The van der Waals surface area contributed by atoms with Gasteiger partial charge in [-0.05, 0) is 89.0 Å². The summed E-state index contributed by atoms with van der Waals surface area (Å²) in [6.07, 6.45) is 1.93. The van der Waals surface area contributed by atoms with Crippen LogP contribution in [0.5, 0.6) is 0 Å². The molecule has 3 heteroatoms. The molecule has 0 amide bonds. The summed E-state index contributed by atoms with van der Waals surface area (Å²) >= 11 is 0. The van der Waals surface area contributed by atoms with Crippen LogP contribution in [0.15, 0.2) is 102 Å². The Bertz CT molecular complexity index is 1400. The number of hydrogen-bond donors (Lipinski definition) is 3. The van der Waals surface area contributed by atoms with Crippen LogP contribution in [0.4, 0.5) is 0 Å². The number of nitrogens with two attached hydrogens (primary N) is 2. The lowest BCUT2D eigenvalue weighted by atomic mass is 9.56. The van der Waals surface area contributed by atoms with E-state index in [4.69, 9.17) is 18.0 Å². The molecule has 0 aromatic heterocycles. The summed E-state index contributed by atoms with van der Waals surface area (Å²) in [5.41, 5.74) is 27.2. The molecular weight excluding hydrogens is 450 g/mol. The van der Waals surface area contributed by atoms with Crippen LogP contribution in [0.25, 0.3) is 11.3 Å². The van der Waals surface area contributed by atoms with Crippen molar-refractivity contribution in [3.63, 3.8) is 0 Å². The molecule has 0 fully saturated rings. The van der Waals surface area contributed by atoms with Crippen molar-refractivity contribution < 1.29 is 0 Å². The number of allylic oxidation sites excluding steroid dienone is 5. The van der Waals surface area contributed by atoms with E-state index >= 15 is 0 Å². The molecule has 3 unspecified atom stereocenters. The zero-order valence-corrected chi connectivity index (χ0v) is 22.5. The zero-order chi connectivity index (χ0) is 26.6. The van der Waals surface area contributed by atoms with E-state index in [1.807, 2.05) is 18.2 Å². The van der Waals surface area contributed by atoms with Crippen LogP contribution in [0, 0.1) is 24.7 Å². The summed E-state index contributed by atoms with van der Waals surface area (Å²) in [5.74, 6) is 1.52. The van der Waals surface area contributed by atoms with Gasteiger partial charge in [0.15, 0.2) is 0 Å². The Morgan fingerprint density at radius 3 is 2.43 bits per heavy atom. The van der Waals surface area contributed by atoms with E-state index in [-0.39, 0.29) is 5.92 Å². The Kier molecular flexibility index (Phi) is 6.27. The molecule has 5 N–H and O–H groups in total. The fraction of sp³-hybridized carbons (Fsp3) is 0.294. The quantitative estimate of drug-likeness (QED) is 0.420. The molecular formula is C34H39N3. The molecule has 4 atom stereocenters. The smallest absolute Gasteiger partial charge is 0.0403 e. The minimum absolute atomic E-state index is 0.235. The largest absolute Gasteiger partial charge is 0.401 e. The van der Waals surface area contributed by atoms with Crippen molar-refractivity contribution in [2.24, 2.45) is 29.2 Å². The molecule has 0 spiro atoms. The normalized spacial score (nSPS) is 24.8. The Morgan fingerprint density at radius 2 is 1.76 bits per heavy atom. The molecule has 3 aliphatic carbocycles. The average molecular weight is 490 g/mol. The standard InChI is InChI=1S/C34H39N3/c1-18-26(17-37-24(7)25-11-9-8-10-12-25)13-14-28-19(2)29-15-27-16-30(36)34(23(6)35)21(4)31(27)20(3)33(29)22(5)32(18)28/h8-14,19,27,29,31,37H,4-7,15-17,35-36H2,1-3H3/t19-,27?,29?,31?/m0/s1. The van der Waals surface area contributed by atoms with E-state index in [9.17, 15) is 0 Å². The summed E-state index contributed by atoms with van der Waals surface area (Å²) in [7, 11) is 0. The molecule has 0 bridgehead atoms. The topological polar surface area (TPSA) is 64.1 Å².